The molecule has 0 saturated carbocycles. The third kappa shape index (κ3) is 8.12. The summed E-state index contributed by atoms with van der Waals surface area (Å²) in [5.74, 6) is 0.124. The molecule has 0 unspecified atom stereocenters. The van der Waals surface area contributed by atoms with Crippen molar-refractivity contribution in [2.75, 3.05) is 24.6 Å². The highest BCUT2D eigenvalue weighted by atomic mass is 16.5. The van der Waals surface area contributed by atoms with Crippen molar-refractivity contribution >= 4 is 23.2 Å². The summed E-state index contributed by atoms with van der Waals surface area (Å²) in [4.78, 5) is 26.3. The van der Waals surface area contributed by atoms with Crippen LogP contribution < -0.4 is 20.4 Å². The minimum atomic E-state index is -0.378. The lowest BCUT2D eigenvalue weighted by Crippen LogP contribution is -2.28. The first kappa shape index (κ1) is 23.9. The molecule has 0 aromatic heterocycles. The van der Waals surface area contributed by atoms with Crippen molar-refractivity contribution in [3.05, 3.63) is 59.7 Å². The van der Waals surface area contributed by atoms with Gasteiger partial charge >= 0.3 is 0 Å². The Kier molecular flexibility index (Phi) is 9.55. The number of amides is 2. The van der Waals surface area contributed by atoms with Crippen LogP contribution in [0.5, 0.6) is 5.75 Å². The molecule has 2 amide bonds. The molecule has 0 aliphatic heterocycles. The summed E-state index contributed by atoms with van der Waals surface area (Å²) in [5, 5.41) is 6.85. The number of hydrogen-bond donors (Lipinski definition) is 2. The molecule has 7 nitrogen and oxygen atoms in total. The molecular weight excluding hydrogens is 392 g/mol. The smallest absolute Gasteiger partial charge is 0.277 e. The van der Waals surface area contributed by atoms with Crippen LogP contribution in [0.4, 0.5) is 5.69 Å². The molecule has 0 aliphatic rings. The van der Waals surface area contributed by atoms with Gasteiger partial charge in [-0.25, -0.2) is 5.43 Å². The van der Waals surface area contributed by atoms with Gasteiger partial charge in [-0.2, -0.15) is 5.10 Å². The molecule has 2 aromatic rings. The zero-order valence-electron chi connectivity index (χ0n) is 18.8. The van der Waals surface area contributed by atoms with E-state index >= 15 is 0 Å². The second-order valence-corrected chi connectivity index (χ2v) is 7.23. The number of rotatable bonds is 11. The predicted molar refractivity (Wildman–Crippen MR) is 124 cm³/mol. The lowest BCUT2D eigenvalue weighted by atomic mass is 10.2. The monoisotopic (exact) mass is 424 g/mol. The van der Waals surface area contributed by atoms with Crippen molar-refractivity contribution in [2.24, 2.45) is 5.10 Å². The molecule has 0 fully saturated rings. The van der Waals surface area contributed by atoms with E-state index in [9.17, 15) is 9.59 Å². The molecule has 7 heteroatoms. The van der Waals surface area contributed by atoms with Crippen molar-refractivity contribution < 1.29 is 14.3 Å². The van der Waals surface area contributed by atoms with Gasteiger partial charge in [0.1, 0.15) is 5.75 Å². The summed E-state index contributed by atoms with van der Waals surface area (Å²) >= 11 is 0. The van der Waals surface area contributed by atoms with E-state index in [1.165, 1.54) is 5.69 Å². The minimum Gasteiger partial charge on any atom is -0.483 e. The Balaban J connectivity index is 1.73. The van der Waals surface area contributed by atoms with Gasteiger partial charge in [-0.3, -0.25) is 9.59 Å². The van der Waals surface area contributed by atoms with Crippen LogP contribution in [0.15, 0.2) is 53.6 Å². The third-order valence-corrected chi connectivity index (χ3v) is 4.79. The fourth-order valence-corrected chi connectivity index (χ4v) is 3.00. The fraction of sp³-hybridized carbons (Fsp3) is 0.375. The van der Waals surface area contributed by atoms with Gasteiger partial charge in [0, 0.05) is 31.0 Å². The van der Waals surface area contributed by atoms with Gasteiger partial charge in [-0.05, 0) is 57.0 Å². The fourth-order valence-electron chi connectivity index (χ4n) is 3.00. The standard InChI is InChI=1S/C24H32N4O3/c1-5-28(6-2)21-13-11-20(12-14-21)16-25-23(29)15-19(4)26-27-24(30)17-31-22-10-8-7-9-18(22)3/h7-14H,5-6,15-17H2,1-4H3,(H,25,29)(H,27,30). The number of hydrogen-bond acceptors (Lipinski definition) is 5. The molecule has 31 heavy (non-hydrogen) atoms. The third-order valence-electron chi connectivity index (χ3n) is 4.79. The van der Waals surface area contributed by atoms with Gasteiger partial charge in [0.15, 0.2) is 6.61 Å². The Labute approximate surface area is 184 Å². The molecule has 166 valence electrons. The molecule has 0 radical (unpaired) electrons. The molecule has 2 N–H and O–H groups in total. The van der Waals surface area contributed by atoms with Crippen molar-refractivity contribution in [2.45, 2.75) is 40.7 Å². The second kappa shape index (κ2) is 12.4. The molecular formula is C24H32N4O3. The number of anilines is 1. The summed E-state index contributed by atoms with van der Waals surface area (Å²) in [6.45, 7) is 10.1. The van der Waals surface area contributed by atoms with Gasteiger partial charge in [0.05, 0.1) is 6.42 Å². The summed E-state index contributed by atoms with van der Waals surface area (Å²) in [6.07, 6.45) is 0.108. The molecule has 2 rings (SSSR count). The Morgan fingerprint density at radius 3 is 2.32 bits per heavy atom. The molecule has 0 saturated heterocycles. The van der Waals surface area contributed by atoms with E-state index in [0.717, 1.165) is 24.2 Å². The highest BCUT2D eigenvalue weighted by molar-refractivity contribution is 6.00. The minimum absolute atomic E-state index is 0.108. The number of nitrogens with one attached hydrogen (secondary N) is 2. The van der Waals surface area contributed by atoms with Crippen LogP contribution in [0, 0.1) is 6.92 Å². The van der Waals surface area contributed by atoms with E-state index in [1.54, 1.807) is 13.0 Å². The SMILES string of the molecule is CCN(CC)c1ccc(CNC(=O)CC(C)=NNC(=O)COc2ccccc2C)cc1. The van der Waals surface area contributed by atoms with Crippen LogP contribution in [0.25, 0.3) is 0 Å². The normalized spacial score (nSPS) is 11.0. The zero-order valence-corrected chi connectivity index (χ0v) is 18.8. The number of hydrazone groups is 1. The van der Waals surface area contributed by atoms with Crippen LogP contribution >= 0.6 is 0 Å². The van der Waals surface area contributed by atoms with Gasteiger partial charge < -0.3 is 15.0 Å². The Morgan fingerprint density at radius 2 is 1.68 bits per heavy atom. The number of benzene rings is 2. The average molecular weight is 425 g/mol. The Bertz CT molecular complexity index is 890. The first-order valence-electron chi connectivity index (χ1n) is 10.5. The van der Waals surface area contributed by atoms with Crippen molar-refractivity contribution in [1.82, 2.24) is 10.7 Å². The predicted octanol–water partition coefficient (Wildman–Crippen LogP) is 3.42. The average Bonchev–Trinajstić information content (AvgIpc) is 2.77. The second-order valence-electron chi connectivity index (χ2n) is 7.23. The van der Waals surface area contributed by atoms with Gasteiger partial charge in [-0.1, -0.05) is 30.3 Å². The topological polar surface area (TPSA) is 83.0 Å². The number of carbonyl (C=O) groups excluding carboxylic acids is 2. The molecule has 0 heterocycles. The Hall–Kier alpha value is -3.35. The van der Waals surface area contributed by atoms with Crippen LogP contribution in [0.2, 0.25) is 0 Å². The van der Waals surface area contributed by atoms with Crippen LogP contribution in [-0.4, -0.2) is 37.2 Å². The summed E-state index contributed by atoms with van der Waals surface area (Å²) < 4.78 is 5.47. The molecule has 0 aliphatic carbocycles. The van der Waals surface area contributed by atoms with Gasteiger partial charge in [0.25, 0.3) is 5.91 Å². The van der Waals surface area contributed by atoms with E-state index in [2.05, 4.69) is 46.7 Å². The van der Waals surface area contributed by atoms with Gasteiger partial charge in [0.2, 0.25) is 5.91 Å². The largest absolute Gasteiger partial charge is 0.483 e. The maximum atomic E-state index is 12.1. The molecule has 0 atom stereocenters. The van der Waals surface area contributed by atoms with Crippen LogP contribution in [-0.2, 0) is 16.1 Å². The number of ether oxygens (including phenoxy) is 1. The quantitative estimate of drug-likeness (QED) is 0.428. The molecule has 2 aromatic carbocycles. The zero-order chi connectivity index (χ0) is 22.6. The maximum Gasteiger partial charge on any atom is 0.277 e. The summed E-state index contributed by atoms with van der Waals surface area (Å²) in [6, 6.07) is 15.6. The van der Waals surface area contributed by atoms with E-state index < -0.39 is 0 Å². The van der Waals surface area contributed by atoms with E-state index in [4.69, 9.17) is 4.74 Å². The lowest BCUT2D eigenvalue weighted by molar-refractivity contribution is -0.123. The molecule has 0 spiro atoms. The Morgan fingerprint density at radius 1 is 1.00 bits per heavy atom. The van der Waals surface area contributed by atoms with Gasteiger partial charge in [-0.15, -0.1) is 0 Å². The van der Waals surface area contributed by atoms with Crippen molar-refractivity contribution in [1.29, 1.82) is 0 Å². The van der Waals surface area contributed by atoms with E-state index in [0.29, 0.717) is 18.0 Å². The van der Waals surface area contributed by atoms with Crippen LogP contribution in [0.3, 0.4) is 0 Å². The van der Waals surface area contributed by atoms with E-state index in [-0.39, 0.29) is 24.8 Å². The van der Waals surface area contributed by atoms with Crippen molar-refractivity contribution in [3.8, 4) is 5.75 Å². The highest BCUT2D eigenvalue weighted by Crippen LogP contribution is 2.16. The van der Waals surface area contributed by atoms with E-state index in [1.807, 2.05) is 37.3 Å². The lowest BCUT2D eigenvalue weighted by Gasteiger charge is -2.21. The number of aryl methyl sites for hydroxylation is 1. The number of nitrogens with zero attached hydrogens (tertiary/aromatic N) is 2. The maximum absolute atomic E-state index is 12.1. The summed E-state index contributed by atoms with van der Waals surface area (Å²) in [5.41, 5.74) is 6.08. The van der Waals surface area contributed by atoms with Crippen molar-refractivity contribution in [3.63, 3.8) is 0 Å². The number of carbonyl (C=O) groups is 2. The number of para-hydroxylation sites is 1. The first-order valence-corrected chi connectivity index (χ1v) is 10.5. The highest BCUT2D eigenvalue weighted by Gasteiger charge is 2.07. The first-order chi connectivity index (χ1) is 14.9. The summed E-state index contributed by atoms with van der Waals surface area (Å²) in [7, 11) is 0. The van der Waals surface area contributed by atoms with Crippen LogP contribution in [0.1, 0.15) is 38.3 Å². The molecule has 0 bridgehead atoms.